The second kappa shape index (κ2) is 9.54. The molecule has 0 unspecified atom stereocenters. The monoisotopic (exact) mass is 326 g/mol. The minimum Gasteiger partial charge on any atom is -0.484 e. The van der Waals surface area contributed by atoms with Crippen LogP contribution in [0.15, 0.2) is 59.5 Å². The second-order valence-electron chi connectivity index (χ2n) is 4.79. The van der Waals surface area contributed by atoms with Gasteiger partial charge in [0.05, 0.1) is 11.6 Å². The van der Waals surface area contributed by atoms with Crippen molar-refractivity contribution in [3.05, 3.63) is 60.2 Å². The zero-order valence-electron chi connectivity index (χ0n) is 12.7. The number of hydrogen-bond donors (Lipinski definition) is 1. The highest BCUT2D eigenvalue weighted by molar-refractivity contribution is 7.99. The van der Waals surface area contributed by atoms with Crippen LogP contribution in [0.4, 0.5) is 0 Å². The van der Waals surface area contributed by atoms with E-state index in [0.717, 1.165) is 12.2 Å². The third kappa shape index (κ3) is 6.45. The molecule has 0 heterocycles. The number of carbonyl (C=O) groups is 1. The maximum atomic E-state index is 11.7. The van der Waals surface area contributed by atoms with E-state index in [1.165, 1.54) is 4.90 Å². The van der Waals surface area contributed by atoms with Gasteiger partial charge in [0.1, 0.15) is 5.75 Å². The van der Waals surface area contributed by atoms with Crippen LogP contribution in [0.25, 0.3) is 0 Å². The van der Waals surface area contributed by atoms with E-state index in [-0.39, 0.29) is 12.5 Å². The van der Waals surface area contributed by atoms with Gasteiger partial charge in [0, 0.05) is 11.4 Å². The van der Waals surface area contributed by atoms with Gasteiger partial charge in [0.25, 0.3) is 5.91 Å². The van der Waals surface area contributed by atoms with Gasteiger partial charge in [-0.3, -0.25) is 4.79 Å². The number of nitrogens with zero attached hydrogens (tertiary/aromatic N) is 1. The van der Waals surface area contributed by atoms with Crippen molar-refractivity contribution in [2.24, 2.45) is 0 Å². The number of rotatable bonds is 8. The molecule has 0 saturated carbocycles. The number of thioether (sulfide) groups is 1. The van der Waals surface area contributed by atoms with E-state index in [1.807, 2.05) is 24.3 Å². The molecule has 0 aliphatic rings. The largest absolute Gasteiger partial charge is 0.484 e. The zero-order valence-corrected chi connectivity index (χ0v) is 13.5. The SMILES string of the molecule is N#Cc1ccc(OCC(=O)NCCCSc2ccccc2)cc1. The molecule has 4 nitrogen and oxygen atoms in total. The molecule has 0 spiro atoms. The topological polar surface area (TPSA) is 62.1 Å². The maximum absolute atomic E-state index is 11.7. The lowest BCUT2D eigenvalue weighted by Crippen LogP contribution is -2.29. The molecule has 0 radical (unpaired) electrons. The third-order valence-electron chi connectivity index (χ3n) is 3.01. The van der Waals surface area contributed by atoms with Crippen LogP contribution in [0.5, 0.6) is 5.75 Å². The van der Waals surface area contributed by atoms with E-state index in [9.17, 15) is 4.79 Å². The number of ether oxygens (including phenoxy) is 1. The Labute approximate surface area is 140 Å². The van der Waals surface area contributed by atoms with Crippen molar-refractivity contribution in [2.75, 3.05) is 18.9 Å². The Kier molecular flexibility index (Phi) is 7.02. The molecule has 2 aromatic rings. The summed E-state index contributed by atoms with van der Waals surface area (Å²) in [5.41, 5.74) is 0.567. The van der Waals surface area contributed by atoms with Crippen LogP contribution in [0.3, 0.4) is 0 Å². The molecular formula is C18H18N2O2S. The van der Waals surface area contributed by atoms with Crippen LogP contribution in [-0.2, 0) is 4.79 Å². The summed E-state index contributed by atoms with van der Waals surface area (Å²) < 4.78 is 5.37. The van der Waals surface area contributed by atoms with Gasteiger partial charge in [-0.2, -0.15) is 5.26 Å². The van der Waals surface area contributed by atoms with E-state index in [4.69, 9.17) is 10.00 Å². The first-order chi connectivity index (χ1) is 11.3. The summed E-state index contributed by atoms with van der Waals surface area (Å²) in [6, 6.07) is 18.9. The molecule has 0 fully saturated rings. The van der Waals surface area contributed by atoms with Crippen LogP contribution in [0.2, 0.25) is 0 Å². The molecule has 0 aliphatic heterocycles. The summed E-state index contributed by atoms with van der Waals surface area (Å²) in [6.07, 6.45) is 0.905. The summed E-state index contributed by atoms with van der Waals surface area (Å²) in [7, 11) is 0. The van der Waals surface area contributed by atoms with Gasteiger partial charge in [-0.15, -0.1) is 11.8 Å². The summed E-state index contributed by atoms with van der Waals surface area (Å²) >= 11 is 1.78. The number of amides is 1. The van der Waals surface area contributed by atoms with E-state index in [2.05, 4.69) is 17.4 Å². The van der Waals surface area contributed by atoms with Crippen molar-refractivity contribution in [3.63, 3.8) is 0 Å². The number of hydrogen-bond acceptors (Lipinski definition) is 4. The lowest BCUT2D eigenvalue weighted by atomic mass is 10.2. The van der Waals surface area contributed by atoms with Crippen LogP contribution in [0, 0.1) is 11.3 Å². The smallest absolute Gasteiger partial charge is 0.257 e. The van der Waals surface area contributed by atoms with Crippen LogP contribution >= 0.6 is 11.8 Å². The summed E-state index contributed by atoms with van der Waals surface area (Å²) in [5, 5.41) is 11.5. The van der Waals surface area contributed by atoms with Gasteiger partial charge in [0.2, 0.25) is 0 Å². The van der Waals surface area contributed by atoms with Gasteiger partial charge in [-0.1, -0.05) is 18.2 Å². The van der Waals surface area contributed by atoms with E-state index in [1.54, 1.807) is 36.0 Å². The van der Waals surface area contributed by atoms with Crippen LogP contribution in [0.1, 0.15) is 12.0 Å². The Balaban J connectivity index is 1.57. The predicted octanol–water partition coefficient (Wildman–Crippen LogP) is 3.24. The maximum Gasteiger partial charge on any atom is 0.257 e. The standard InChI is InChI=1S/C18H18N2O2S/c19-13-15-7-9-16(10-8-15)22-14-18(21)20-11-4-12-23-17-5-2-1-3-6-17/h1-3,5-10H,4,11-12,14H2,(H,20,21). The summed E-state index contributed by atoms with van der Waals surface area (Å²) in [5.74, 6) is 1.40. The molecule has 2 aromatic carbocycles. The summed E-state index contributed by atoms with van der Waals surface area (Å²) in [4.78, 5) is 12.9. The van der Waals surface area contributed by atoms with Gasteiger partial charge < -0.3 is 10.1 Å². The Morgan fingerprint density at radius 2 is 1.87 bits per heavy atom. The van der Waals surface area contributed by atoms with Crippen molar-refractivity contribution in [1.82, 2.24) is 5.32 Å². The van der Waals surface area contributed by atoms with Crippen molar-refractivity contribution in [1.29, 1.82) is 5.26 Å². The molecule has 1 N–H and O–H groups in total. The van der Waals surface area contributed by atoms with Crippen molar-refractivity contribution in [2.45, 2.75) is 11.3 Å². The highest BCUT2D eigenvalue weighted by atomic mass is 32.2. The number of nitriles is 1. The fourth-order valence-corrected chi connectivity index (χ4v) is 2.71. The molecule has 0 aromatic heterocycles. The number of benzene rings is 2. The minimum atomic E-state index is -0.140. The van der Waals surface area contributed by atoms with E-state index >= 15 is 0 Å². The molecule has 0 atom stereocenters. The van der Waals surface area contributed by atoms with Gasteiger partial charge in [-0.25, -0.2) is 0 Å². The second-order valence-corrected chi connectivity index (χ2v) is 5.96. The molecule has 0 aliphatic carbocycles. The molecule has 23 heavy (non-hydrogen) atoms. The van der Waals surface area contributed by atoms with Crippen LogP contribution in [-0.4, -0.2) is 24.8 Å². The fourth-order valence-electron chi connectivity index (χ4n) is 1.83. The number of nitrogens with one attached hydrogen (secondary N) is 1. The Hall–Kier alpha value is -2.45. The van der Waals surface area contributed by atoms with Gasteiger partial charge >= 0.3 is 0 Å². The van der Waals surface area contributed by atoms with E-state index < -0.39 is 0 Å². The minimum absolute atomic E-state index is 0.0161. The Bertz CT molecular complexity index is 651. The molecule has 118 valence electrons. The van der Waals surface area contributed by atoms with Gasteiger partial charge in [0.15, 0.2) is 6.61 Å². The van der Waals surface area contributed by atoms with E-state index in [0.29, 0.717) is 17.9 Å². The third-order valence-corrected chi connectivity index (χ3v) is 4.11. The Morgan fingerprint density at radius 3 is 2.57 bits per heavy atom. The lowest BCUT2D eigenvalue weighted by molar-refractivity contribution is -0.123. The quantitative estimate of drug-likeness (QED) is 0.597. The molecule has 1 amide bonds. The predicted molar refractivity (Wildman–Crippen MR) is 91.4 cm³/mol. The highest BCUT2D eigenvalue weighted by Crippen LogP contribution is 2.17. The molecular weight excluding hydrogens is 308 g/mol. The molecule has 2 rings (SSSR count). The molecule has 0 bridgehead atoms. The number of carbonyl (C=O) groups excluding carboxylic acids is 1. The molecule has 5 heteroatoms. The van der Waals surface area contributed by atoms with Gasteiger partial charge in [-0.05, 0) is 48.6 Å². The summed E-state index contributed by atoms with van der Waals surface area (Å²) in [6.45, 7) is 0.618. The average molecular weight is 326 g/mol. The average Bonchev–Trinajstić information content (AvgIpc) is 2.61. The van der Waals surface area contributed by atoms with Crippen molar-refractivity contribution < 1.29 is 9.53 Å². The first kappa shape index (κ1) is 16.9. The van der Waals surface area contributed by atoms with Crippen LogP contribution < -0.4 is 10.1 Å². The fraction of sp³-hybridized carbons (Fsp3) is 0.222. The van der Waals surface area contributed by atoms with Crippen molar-refractivity contribution >= 4 is 17.7 Å². The molecule has 0 saturated heterocycles. The first-order valence-electron chi connectivity index (χ1n) is 7.35. The first-order valence-corrected chi connectivity index (χ1v) is 8.34. The highest BCUT2D eigenvalue weighted by Gasteiger charge is 2.02. The lowest BCUT2D eigenvalue weighted by Gasteiger charge is -2.07. The normalized spacial score (nSPS) is 9.87. The Morgan fingerprint density at radius 1 is 1.13 bits per heavy atom. The zero-order chi connectivity index (χ0) is 16.3. The van der Waals surface area contributed by atoms with Crippen molar-refractivity contribution in [3.8, 4) is 11.8 Å².